The highest BCUT2D eigenvalue weighted by Crippen LogP contribution is 2.38. The summed E-state index contributed by atoms with van der Waals surface area (Å²) in [5.74, 6) is 1.40. The first-order valence-electron chi connectivity index (χ1n) is 8.81. The smallest absolute Gasteiger partial charge is 0.225 e. The Bertz CT molecular complexity index is 361. The van der Waals surface area contributed by atoms with Gasteiger partial charge in [0.15, 0.2) is 0 Å². The highest BCUT2D eigenvalue weighted by molar-refractivity contribution is 5.80. The quantitative estimate of drug-likeness (QED) is 0.779. The Kier molecular flexibility index (Phi) is 4.55. The van der Waals surface area contributed by atoms with Crippen LogP contribution in [0.25, 0.3) is 0 Å². The van der Waals surface area contributed by atoms with Crippen LogP contribution in [0.3, 0.4) is 0 Å². The van der Waals surface area contributed by atoms with Gasteiger partial charge in [-0.3, -0.25) is 4.79 Å². The summed E-state index contributed by atoms with van der Waals surface area (Å²) in [4.78, 5) is 16.7. The molecule has 2 saturated heterocycles. The van der Waals surface area contributed by atoms with Crippen LogP contribution < -0.4 is 0 Å². The highest BCUT2D eigenvalue weighted by Gasteiger charge is 2.49. The van der Waals surface area contributed by atoms with Gasteiger partial charge in [-0.05, 0) is 44.7 Å². The highest BCUT2D eigenvalue weighted by atomic mass is 16.5. The lowest BCUT2D eigenvalue weighted by Gasteiger charge is -2.54. The molecule has 0 bridgehead atoms. The molecule has 4 nitrogen and oxygen atoms in total. The second kappa shape index (κ2) is 6.25. The van der Waals surface area contributed by atoms with Crippen molar-refractivity contribution < 1.29 is 9.53 Å². The van der Waals surface area contributed by atoms with E-state index in [0.717, 1.165) is 58.6 Å². The maximum Gasteiger partial charge on any atom is 0.225 e. The molecule has 1 aliphatic carbocycles. The summed E-state index contributed by atoms with van der Waals surface area (Å²) in [5.41, 5.74) is 0.0131. The van der Waals surface area contributed by atoms with Crippen molar-refractivity contribution >= 4 is 5.91 Å². The van der Waals surface area contributed by atoms with E-state index in [4.69, 9.17) is 4.74 Å². The minimum atomic E-state index is 0.0131. The fourth-order valence-corrected chi connectivity index (χ4v) is 3.88. The number of ether oxygens (including phenoxy) is 1. The average Bonchev–Trinajstić information content (AvgIpc) is 2.41. The van der Waals surface area contributed by atoms with Gasteiger partial charge in [-0.25, -0.2) is 0 Å². The Labute approximate surface area is 128 Å². The summed E-state index contributed by atoms with van der Waals surface area (Å²) in [7, 11) is 0. The first kappa shape index (κ1) is 15.3. The van der Waals surface area contributed by atoms with E-state index in [1.807, 2.05) is 4.90 Å². The third-order valence-corrected chi connectivity index (χ3v) is 5.77. The van der Waals surface area contributed by atoms with E-state index >= 15 is 0 Å². The van der Waals surface area contributed by atoms with Gasteiger partial charge >= 0.3 is 0 Å². The zero-order valence-corrected chi connectivity index (χ0v) is 13.6. The second-order valence-electron chi connectivity index (χ2n) is 7.21. The number of carbonyl (C=O) groups is 1. The summed E-state index contributed by atoms with van der Waals surface area (Å²) in [5, 5.41) is 0. The van der Waals surface area contributed by atoms with Crippen LogP contribution in [0.4, 0.5) is 0 Å². The minimum absolute atomic E-state index is 0.0131. The molecule has 0 N–H and O–H groups in total. The van der Waals surface area contributed by atoms with Gasteiger partial charge < -0.3 is 14.5 Å². The summed E-state index contributed by atoms with van der Waals surface area (Å²) < 4.78 is 6.20. The van der Waals surface area contributed by atoms with Gasteiger partial charge in [0.05, 0.1) is 19.7 Å². The van der Waals surface area contributed by atoms with E-state index in [0.29, 0.717) is 17.7 Å². The van der Waals surface area contributed by atoms with Crippen molar-refractivity contribution in [1.29, 1.82) is 0 Å². The van der Waals surface area contributed by atoms with Crippen LogP contribution in [0.15, 0.2) is 0 Å². The molecule has 0 aromatic rings. The predicted octanol–water partition coefficient (Wildman–Crippen LogP) is 2.14. The molecular formula is C17H30N2O2. The largest absolute Gasteiger partial charge is 0.371 e. The standard InChI is InChI=1S/C17H30N2O2/c1-3-18(4-2)10-14-8-9-17(21-11-14)12-19(13-17)16(20)15-6-5-7-15/h14-15H,3-13H2,1-2H3. The molecule has 0 aromatic heterocycles. The Morgan fingerprint density at radius 2 is 1.95 bits per heavy atom. The number of nitrogens with zero attached hydrogens (tertiary/aromatic N) is 2. The number of likely N-dealkylation sites (tertiary alicyclic amines) is 1. The van der Waals surface area contributed by atoms with Gasteiger partial charge in [-0.15, -0.1) is 0 Å². The van der Waals surface area contributed by atoms with Crippen LogP contribution in [-0.4, -0.2) is 60.6 Å². The molecule has 2 heterocycles. The molecule has 120 valence electrons. The summed E-state index contributed by atoms with van der Waals surface area (Å²) in [6.45, 7) is 10.4. The van der Waals surface area contributed by atoms with Crippen molar-refractivity contribution in [2.75, 3.05) is 39.3 Å². The van der Waals surface area contributed by atoms with Gasteiger partial charge in [0.25, 0.3) is 0 Å². The van der Waals surface area contributed by atoms with E-state index in [2.05, 4.69) is 18.7 Å². The predicted molar refractivity (Wildman–Crippen MR) is 83.1 cm³/mol. The van der Waals surface area contributed by atoms with Crippen molar-refractivity contribution in [3.63, 3.8) is 0 Å². The van der Waals surface area contributed by atoms with Gasteiger partial charge in [-0.1, -0.05) is 20.3 Å². The fourth-order valence-electron chi connectivity index (χ4n) is 3.88. The van der Waals surface area contributed by atoms with Gasteiger partial charge in [0.1, 0.15) is 5.60 Å². The Morgan fingerprint density at radius 3 is 2.43 bits per heavy atom. The number of hydrogen-bond donors (Lipinski definition) is 0. The first-order chi connectivity index (χ1) is 10.2. The molecule has 1 unspecified atom stereocenters. The van der Waals surface area contributed by atoms with E-state index in [-0.39, 0.29) is 5.60 Å². The molecule has 21 heavy (non-hydrogen) atoms. The number of amides is 1. The van der Waals surface area contributed by atoms with Crippen LogP contribution in [0.1, 0.15) is 46.0 Å². The lowest BCUT2D eigenvalue weighted by Crippen LogP contribution is -2.67. The molecule has 0 radical (unpaired) electrons. The van der Waals surface area contributed by atoms with Crippen molar-refractivity contribution in [3.05, 3.63) is 0 Å². The SMILES string of the molecule is CCN(CC)CC1CCC2(CN(C(=O)C3CCC3)C2)OC1. The molecule has 1 saturated carbocycles. The summed E-state index contributed by atoms with van der Waals surface area (Å²) in [6.07, 6.45) is 5.83. The van der Waals surface area contributed by atoms with Gasteiger partial charge in [0.2, 0.25) is 5.91 Å². The topological polar surface area (TPSA) is 32.8 Å². The van der Waals surface area contributed by atoms with Gasteiger partial charge in [0, 0.05) is 12.5 Å². The summed E-state index contributed by atoms with van der Waals surface area (Å²) in [6, 6.07) is 0. The molecule has 2 aliphatic heterocycles. The third kappa shape index (κ3) is 3.11. The Hall–Kier alpha value is -0.610. The minimum Gasteiger partial charge on any atom is -0.371 e. The summed E-state index contributed by atoms with van der Waals surface area (Å²) >= 11 is 0. The molecule has 0 aromatic carbocycles. The molecule has 3 aliphatic rings. The normalized spacial score (nSPS) is 28.5. The molecule has 1 spiro atoms. The van der Waals surface area contributed by atoms with E-state index in [1.165, 1.54) is 12.8 Å². The van der Waals surface area contributed by atoms with E-state index in [9.17, 15) is 4.79 Å². The van der Waals surface area contributed by atoms with Crippen LogP contribution in [-0.2, 0) is 9.53 Å². The molecule has 4 heteroatoms. The number of carbonyl (C=O) groups excluding carboxylic acids is 1. The zero-order chi connectivity index (χ0) is 14.9. The van der Waals surface area contributed by atoms with Crippen LogP contribution >= 0.6 is 0 Å². The van der Waals surface area contributed by atoms with E-state index in [1.54, 1.807) is 0 Å². The second-order valence-corrected chi connectivity index (χ2v) is 7.21. The zero-order valence-electron chi connectivity index (χ0n) is 13.6. The maximum absolute atomic E-state index is 12.2. The lowest BCUT2D eigenvalue weighted by atomic mass is 9.79. The molecular weight excluding hydrogens is 264 g/mol. The van der Waals surface area contributed by atoms with Crippen LogP contribution in [0, 0.1) is 11.8 Å². The first-order valence-corrected chi connectivity index (χ1v) is 8.81. The van der Waals surface area contributed by atoms with Crippen LogP contribution in [0.2, 0.25) is 0 Å². The Morgan fingerprint density at radius 1 is 1.24 bits per heavy atom. The third-order valence-electron chi connectivity index (χ3n) is 5.77. The van der Waals surface area contributed by atoms with Crippen LogP contribution in [0.5, 0.6) is 0 Å². The lowest BCUT2D eigenvalue weighted by molar-refractivity contribution is -0.193. The van der Waals surface area contributed by atoms with Crippen molar-refractivity contribution in [3.8, 4) is 0 Å². The molecule has 1 amide bonds. The Balaban J connectivity index is 1.41. The molecule has 3 fully saturated rings. The van der Waals surface area contributed by atoms with Crippen molar-refractivity contribution in [2.45, 2.75) is 51.6 Å². The maximum atomic E-state index is 12.2. The number of rotatable bonds is 5. The van der Waals surface area contributed by atoms with Gasteiger partial charge in [-0.2, -0.15) is 0 Å². The monoisotopic (exact) mass is 294 g/mol. The molecule has 3 rings (SSSR count). The van der Waals surface area contributed by atoms with E-state index < -0.39 is 0 Å². The van der Waals surface area contributed by atoms with Crippen molar-refractivity contribution in [1.82, 2.24) is 9.80 Å². The van der Waals surface area contributed by atoms with Crippen molar-refractivity contribution in [2.24, 2.45) is 11.8 Å². The molecule has 1 atom stereocenters. The average molecular weight is 294 g/mol. The fraction of sp³-hybridized carbons (Fsp3) is 0.941. The number of hydrogen-bond acceptors (Lipinski definition) is 3.